The van der Waals surface area contributed by atoms with Gasteiger partial charge in [-0.05, 0) is 52.4 Å². The monoisotopic (exact) mass is 269 g/mol. The summed E-state index contributed by atoms with van der Waals surface area (Å²) in [7, 11) is 0. The number of carbonyl (C=O) groups excluding carboxylic acids is 3. The molecule has 0 radical (unpaired) electrons. The number of carbonyl (C=O) groups is 3. The molecule has 0 aliphatic heterocycles. The van der Waals surface area contributed by atoms with Gasteiger partial charge in [0.2, 0.25) is 0 Å². The molecule has 1 aliphatic rings. The Morgan fingerprint density at radius 3 is 2.26 bits per heavy atom. The van der Waals surface area contributed by atoms with Crippen LogP contribution in [0.25, 0.3) is 0 Å². The van der Waals surface area contributed by atoms with E-state index in [-0.39, 0.29) is 11.7 Å². The number of rotatable bonds is 4. The zero-order valence-corrected chi connectivity index (χ0v) is 11.9. The maximum absolute atomic E-state index is 11.5. The zero-order valence-electron chi connectivity index (χ0n) is 11.9. The van der Waals surface area contributed by atoms with E-state index in [9.17, 15) is 14.4 Å². The van der Waals surface area contributed by atoms with Crippen molar-refractivity contribution in [2.75, 3.05) is 6.54 Å². The second-order valence-corrected chi connectivity index (χ2v) is 6.12. The Bertz CT molecular complexity index is 338. The third-order valence-electron chi connectivity index (χ3n) is 3.30. The lowest BCUT2D eigenvalue weighted by Crippen LogP contribution is -2.36. The van der Waals surface area contributed by atoms with Gasteiger partial charge >= 0.3 is 6.09 Å². The van der Waals surface area contributed by atoms with Gasteiger partial charge < -0.3 is 10.1 Å². The Morgan fingerprint density at radius 1 is 1.21 bits per heavy atom. The smallest absolute Gasteiger partial charge is 0.407 e. The number of aldehydes is 1. The summed E-state index contributed by atoms with van der Waals surface area (Å²) < 4.78 is 5.16. The lowest BCUT2D eigenvalue weighted by atomic mass is 9.80. The Balaban J connectivity index is 2.25. The van der Waals surface area contributed by atoms with Crippen molar-refractivity contribution in [1.82, 2.24) is 5.32 Å². The van der Waals surface area contributed by atoms with Crippen molar-refractivity contribution >= 4 is 18.2 Å². The first-order valence-corrected chi connectivity index (χ1v) is 6.77. The molecule has 1 amide bonds. The van der Waals surface area contributed by atoms with Gasteiger partial charge in [-0.3, -0.25) is 9.59 Å². The Hall–Kier alpha value is -1.39. The zero-order chi connectivity index (χ0) is 14.5. The minimum atomic E-state index is -0.488. The van der Waals surface area contributed by atoms with Crippen molar-refractivity contribution < 1.29 is 19.1 Å². The highest BCUT2D eigenvalue weighted by atomic mass is 16.6. The topological polar surface area (TPSA) is 72.5 Å². The van der Waals surface area contributed by atoms with E-state index < -0.39 is 11.7 Å². The van der Waals surface area contributed by atoms with Crippen molar-refractivity contribution in [2.45, 2.75) is 52.1 Å². The average Bonchev–Trinajstić information content (AvgIpc) is 2.34. The lowest BCUT2D eigenvalue weighted by Gasteiger charge is -2.27. The normalized spacial score (nSPS) is 23.5. The molecule has 0 spiro atoms. The predicted molar refractivity (Wildman–Crippen MR) is 70.8 cm³/mol. The molecule has 0 atom stereocenters. The summed E-state index contributed by atoms with van der Waals surface area (Å²) in [5.41, 5.74) is -0.488. The fourth-order valence-corrected chi connectivity index (χ4v) is 2.29. The van der Waals surface area contributed by atoms with Crippen LogP contribution in [0.4, 0.5) is 4.79 Å². The second-order valence-electron chi connectivity index (χ2n) is 6.12. The first kappa shape index (κ1) is 15.7. The molecule has 0 bridgehead atoms. The van der Waals surface area contributed by atoms with Crippen LogP contribution in [0.1, 0.15) is 46.5 Å². The Kier molecular flexibility index (Phi) is 5.51. The van der Waals surface area contributed by atoms with Crippen molar-refractivity contribution in [2.24, 2.45) is 11.8 Å². The molecule has 0 unspecified atom stereocenters. The molecule has 1 saturated carbocycles. The highest BCUT2D eigenvalue weighted by Gasteiger charge is 2.26. The maximum atomic E-state index is 11.5. The molecule has 108 valence electrons. The third-order valence-corrected chi connectivity index (χ3v) is 3.30. The number of ketones is 1. The minimum Gasteiger partial charge on any atom is -0.444 e. The summed E-state index contributed by atoms with van der Waals surface area (Å²) in [4.78, 5) is 33.1. The number of hydrogen-bond acceptors (Lipinski definition) is 4. The molecule has 0 heterocycles. The second kappa shape index (κ2) is 6.68. The van der Waals surface area contributed by atoms with Gasteiger partial charge in [0.15, 0.2) is 12.1 Å². The van der Waals surface area contributed by atoms with Gasteiger partial charge in [-0.1, -0.05) is 0 Å². The molecule has 0 aromatic carbocycles. The van der Waals surface area contributed by atoms with Crippen LogP contribution in [0.15, 0.2) is 0 Å². The van der Waals surface area contributed by atoms with Gasteiger partial charge in [0.1, 0.15) is 5.60 Å². The SMILES string of the molecule is CC(C)(C)OC(=O)NC[C@H]1CC[C@H](C(=O)C=O)CC1. The molecule has 1 rings (SSSR count). The minimum absolute atomic E-state index is 0.115. The van der Waals surface area contributed by atoms with E-state index in [0.717, 1.165) is 25.7 Å². The van der Waals surface area contributed by atoms with Crippen molar-refractivity contribution in [1.29, 1.82) is 0 Å². The first-order valence-electron chi connectivity index (χ1n) is 6.77. The highest BCUT2D eigenvalue weighted by molar-refractivity contribution is 6.25. The summed E-state index contributed by atoms with van der Waals surface area (Å²) >= 11 is 0. The molecular weight excluding hydrogens is 246 g/mol. The van der Waals surface area contributed by atoms with Gasteiger partial charge in [0.25, 0.3) is 0 Å². The van der Waals surface area contributed by atoms with Crippen LogP contribution < -0.4 is 5.32 Å². The van der Waals surface area contributed by atoms with Crippen molar-refractivity contribution in [3.8, 4) is 0 Å². The third kappa shape index (κ3) is 5.85. The predicted octanol–water partition coefficient (Wildman–Crippen LogP) is 2.09. The van der Waals surface area contributed by atoms with Crippen LogP contribution in [0.2, 0.25) is 0 Å². The molecule has 1 aliphatic carbocycles. The molecule has 0 saturated heterocycles. The standard InChI is InChI=1S/C14H23NO4/c1-14(2,3)19-13(18)15-8-10-4-6-11(7-5-10)12(17)9-16/h9-11H,4-8H2,1-3H3,(H,15,18)/t10-,11-. The number of alkyl carbamates (subject to hydrolysis) is 1. The van der Waals surface area contributed by atoms with Crippen molar-refractivity contribution in [3.05, 3.63) is 0 Å². The van der Waals surface area contributed by atoms with E-state index in [2.05, 4.69) is 5.32 Å². The van der Waals surface area contributed by atoms with Crippen LogP contribution in [0, 0.1) is 11.8 Å². The fraction of sp³-hybridized carbons (Fsp3) is 0.786. The quantitative estimate of drug-likeness (QED) is 0.626. The molecule has 0 aromatic rings. The average molecular weight is 269 g/mol. The summed E-state index contributed by atoms with van der Waals surface area (Å²) in [6, 6.07) is 0. The summed E-state index contributed by atoms with van der Waals surface area (Å²) in [6.45, 7) is 6.03. The summed E-state index contributed by atoms with van der Waals surface area (Å²) in [6.07, 6.45) is 3.21. The van der Waals surface area contributed by atoms with Crippen LogP contribution >= 0.6 is 0 Å². The molecule has 0 aromatic heterocycles. The van der Waals surface area contributed by atoms with E-state index in [1.807, 2.05) is 20.8 Å². The maximum Gasteiger partial charge on any atom is 0.407 e. The Labute approximate surface area is 114 Å². The first-order chi connectivity index (χ1) is 8.81. The van der Waals surface area contributed by atoms with Gasteiger partial charge in [0.05, 0.1) is 0 Å². The van der Waals surface area contributed by atoms with Crippen molar-refractivity contribution in [3.63, 3.8) is 0 Å². The summed E-state index contributed by atoms with van der Waals surface area (Å²) in [5, 5.41) is 2.75. The molecule has 1 fully saturated rings. The Morgan fingerprint density at radius 2 is 1.79 bits per heavy atom. The van der Waals surface area contributed by atoms with Gasteiger partial charge in [-0.2, -0.15) is 0 Å². The fourth-order valence-electron chi connectivity index (χ4n) is 2.29. The van der Waals surface area contributed by atoms with Gasteiger partial charge in [0, 0.05) is 12.5 Å². The molecule has 5 nitrogen and oxygen atoms in total. The summed E-state index contributed by atoms with van der Waals surface area (Å²) in [5.74, 6) is -0.0444. The van der Waals surface area contributed by atoms with Gasteiger partial charge in [-0.25, -0.2) is 4.79 Å². The molecular formula is C14H23NO4. The van der Waals surface area contributed by atoms with Crippen LogP contribution in [-0.4, -0.2) is 30.3 Å². The van der Waals surface area contributed by atoms with Crippen LogP contribution in [-0.2, 0) is 14.3 Å². The number of amides is 1. The van der Waals surface area contributed by atoms with Crippen LogP contribution in [0.5, 0.6) is 0 Å². The highest BCUT2D eigenvalue weighted by Crippen LogP contribution is 2.28. The van der Waals surface area contributed by atoms with E-state index in [0.29, 0.717) is 18.7 Å². The molecule has 5 heteroatoms. The lowest BCUT2D eigenvalue weighted by molar-refractivity contribution is -0.133. The van der Waals surface area contributed by atoms with E-state index in [4.69, 9.17) is 4.74 Å². The van der Waals surface area contributed by atoms with E-state index in [1.165, 1.54) is 0 Å². The molecule has 19 heavy (non-hydrogen) atoms. The van der Waals surface area contributed by atoms with Gasteiger partial charge in [-0.15, -0.1) is 0 Å². The largest absolute Gasteiger partial charge is 0.444 e. The number of ether oxygens (including phenoxy) is 1. The number of nitrogens with one attached hydrogen (secondary N) is 1. The molecule has 1 N–H and O–H groups in total. The van der Waals surface area contributed by atoms with Crippen LogP contribution in [0.3, 0.4) is 0 Å². The van der Waals surface area contributed by atoms with E-state index >= 15 is 0 Å². The number of hydrogen-bond donors (Lipinski definition) is 1. The number of Topliss-reactive ketones (excluding diaryl/α,β-unsaturated/α-hetero) is 1. The van der Waals surface area contributed by atoms with E-state index in [1.54, 1.807) is 0 Å².